The number of ether oxygens (including phenoxy) is 1. The van der Waals surface area contributed by atoms with Crippen LogP contribution in [0, 0.1) is 0 Å². The molecule has 3 heterocycles. The van der Waals surface area contributed by atoms with Gasteiger partial charge >= 0.3 is 0 Å². The molecular weight excluding hydrogens is 294 g/mol. The lowest BCUT2D eigenvalue weighted by molar-refractivity contribution is -0.0694. The smallest absolute Gasteiger partial charge is 0.164 e. The Morgan fingerprint density at radius 2 is 2.09 bits per heavy atom. The quantitative estimate of drug-likeness (QED) is 0.306. The van der Waals surface area contributed by atoms with Crippen LogP contribution in [-0.2, 0) is 4.74 Å². The van der Waals surface area contributed by atoms with Crippen molar-refractivity contribution in [3.8, 4) is 0 Å². The summed E-state index contributed by atoms with van der Waals surface area (Å²) in [6, 6.07) is 0. The SMILES string of the molecule is CC1(N)N=C2C(=NCN2[C@@H]2O[C@H](CO)[C@@H](O)[C@H]2O)C(C)(O)N1. The fourth-order valence-corrected chi connectivity index (χ4v) is 3.05. The molecule has 6 atom stereocenters. The largest absolute Gasteiger partial charge is 0.394 e. The van der Waals surface area contributed by atoms with Crippen LogP contribution in [0.1, 0.15) is 13.8 Å². The van der Waals surface area contributed by atoms with E-state index in [9.17, 15) is 15.3 Å². The van der Waals surface area contributed by atoms with E-state index >= 15 is 0 Å². The maximum absolute atomic E-state index is 10.4. The Kier molecular flexibility index (Phi) is 3.53. The van der Waals surface area contributed by atoms with Gasteiger partial charge in [-0.2, -0.15) is 0 Å². The summed E-state index contributed by atoms with van der Waals surface area (Å²) in [6.07, 6.45) is -4.28. The van der Waals surface area contributed by atoms with E-state index in [4.69, 9.17) is 15.6 Å². The van der Waals surface area contributed by atoms with E-state index in [-0.39, 0.29) is 12.4 Å². The zero-order valence-corrected chi connectivity index (χ0v) is 12.3. The Balaban J connectivity index is 1.91. The number of nitrogens with zero attached hydrogens (tertiary/aromatic N) is 3. The van der Waals surface area contributed by atoms with Crippen LogP contribution in [0.3, 0.4) is 0 Å². The zero-order chi connectivity index (χ0) is 16.3. The van der Waals surface area contributed by atoms with Gasteiger partial charge in [-0.05, 0) is 13.8 Å². The number of aliphatic imine (C=N–C) groups is 2. The molecule has 3 aliphatic rings. The highest BCUT2D eigenvalue weighted by molar-refractivity contribution is 6.45. The molecule has 7 N–H and O–H groups in total. The maximum Gasteiger partial charge on any atom is 0.164 e. The summed E-state index contributed by atoms with van der Waals surface area (Å²) in [4.78, 5) is 10.0. The van der Waals surface area contributed by atoms with Crippen molar-refractivity contribution in [3.63, 3.8) is 0 Å². The zero-order valence-electron chi connectivity index (χ0n) is 12.3. The molecule has 3 rings (SSSR count). The summed E-state index contributed by atoms with van der Waals surface area (Å²) >= 11 is 0. The van der Waals surface area contributed by atoms with E-state index < -0.39 is 42.7 Å². The summed E-state index contributed by atoms with van der Waals surface area (Å²) in [6.45, 7) is 2.76. The summed E-state index contributed by atoms with van der Waals surface area (Å²) < 4.78 is 5.48. The van der Waals surface area contributed by atoms with Crippen LogP contribution in [0.2, 0.25) is 0 Å². The Morgan fingerprint density at radius 3 is 2.68 bits per heavy atom. The van der Waals surface area contributed by atoms with Crippen molar-refractivity contribution in [2.75, 3.05) is 13.3 Å². The number of aliphatic hydroxyl groups excluding tert-OH is 3. The molecule has 0 bridgehead atoms. The minimum atomic E-state index is -1.48. The van der Waals surface area contributed by atoms with Gasteiger partial charge in [-0.25, -0.2) is 10.3 Å². The van der Waals surface area contributed by atoms with E-state index in [0.717, 1.165) is 0 Å². The van der Waals surface area contributed by atoms with Crippen molar-refractivity contribution < 1.29 is 25.2 Å². The highest BCUT2D eigenvalue weighted by Crippen LogP contribution is 2.30. The highest BCUT2D eigenvalue weighted by Gasteiger charge is 2.52. The van der Waals surface area contributed by atoms with E-state index in [1.165, 1.54) is 11.8 Å². The molecule has 0 aromatic heterocycles. The molecule has 0 aliphatic carbocycles. The Bertz CT molecular complexity index is 534. The molecule has 0 amide bonds. The second-order valence-corrected chi connectivity index (χ2v) is 6.13. The first-order valence-electron chi connectivity index (χ1n) is 7.01. The lowest BCUT2D eigenvalue weighted by Crippen LogP contribution is -2.69. The standard InChI is InChI=1S/C12H21N5O5/c1-11(21)8-9(15-12(2,13)16-11)17(4-14-8)10-7(20)6(19)5(3-18)22-10/h5-7,10,16,18-21H,3-4,13H2,1-2H3/t5-,6-,7-,10-,11?,12?/m1/s1. The number of aliphatic hydroxyl groups is 4. The van der Waals surface area contributed by atoms with Crippen molar-refractivity contribution in [1.82, 2.24) is 10.2 Å². The monoisotopic (exact) mass is 315 g/mol. The van der Waals surface area contributed by atoms with Gasteiger partial charge in [0.05, 0.1) is 6.61 Å². The fourth-order valence-electron chi connectivity index (χ4n) is 3.05. The van der Waals surface area contributed by atoms with Gasteiger partial charge in [0.25, 0.3) is 0 Å². The second-order valence-electron chi connectivity index (χ2n) is 6.13. The lowest BCUT2D eigenvalue weighted by Gasteiger charge is -2.40. The third-order valence-corrected chi connectivity index (χ3v) is 3.99. The molecule has 2 unspecified atom stereocenters. The average Bonchev–Trinajstić information content (AvgIpc) is 2.91. The molecular formula is C12H21N5O5. The van der Waals surface area contributed by atoms with Crippen LogP contribution >= 0.6 is 0 Å². The molecule has 22 heavy (non-hydrogen) atoms. The Morgan fingerprint density at radius 1 is 1.41 bits per heavy atom. The van der Waals surface area contributed by atoms with Gasteiger partial charge < -0.3 is 30.1 Å². The molecule has 10 heteroatoms. The van der Waals surface area contributed by atoms with Crippen LogP contribution in [-0.4, -0.2) is 86.2 Å². The third kappa shape index (κ3) is 2.33. The van der Waals surface area contributed by atoms with E-state index in [1.807, 2.05) is 0 Å². The molecule has 1 saturated heterocycles. The predicted molar refractivity (Wildman–Crippen MR) is 75.7 cm³/mol. The predicted octanol–water partition coefficient (Wildman–Crippen LogP) is -3.52. The Hall–Kier alpha value is -1.14. The van der Waals surface area contributed by atoms with Crippen LogP contribution in [0.25, 0.3) is 0 Å². The van der Waals surface area contributed by atoms with E-state index in [0.29, 0.717) is 5.84 Å². The van der Waals surface area contributed by atoms with E-state index in [1.54, 1.807) is 6.92 Å². The van der Waals surface area contributed by atoms with Crippen molar-refractivity contribution >= 4 is 11.5 Å². The summed E-state index contributed by atoms with van der Waals surface area (Å²) in [5, 5.41) is 42.3. The van der Waals surface area contributed by atoms with Gasteiger partial charge in [0, 0.05) is 0 Å². The van der Waals surface area contributed by atoms with Crippen molar-refractivity contribution in [3.05, 3.63) is 0 Å². The summed E-state index contributed by atoms with van der Waals surface area (Å²) in [5.41, 5.74) is 4.76. The topological polar surface area (TPSA) is 156 Å². The third-order valence-electron chi connectivity index (χ3n) is 3.99. The molecule has 0 aromatic carbocycles. The number of nitrogens with two attached hydrogens (primary N) is 1. The van der Waals surface area contributed by atoms with E-state index in [2.05, 4.69) is 15.3 Å². The molecule has 0 saturated carbocycles. The number of hydrogen-bond donors (Lipinski definition) is 6. The lowest BCUT2D eigenvalue weighted by atomic mass is 10.0. The first kappa shape index (κ1) is 15.7. The molecule has 10 nitrogen and oxygen atoms in total. The molecule has 0 aromatic rings. The minimum Gasteiger partial charge on any atom is -0.394 e. The molecule has 3 aliphatic heterocycles. The van der Waals surface area contributed by atoms with Gasteiger partial charge in [0.1, 0.15) is 30.7 Å². The van der Waals surface area contributed by atoms with Crippen molar-refractivity contribution in [2.24, 2.45) is 15.7 Å². The van der Waals surface area contributed by atoms with Gasteiger partial charge in [0.2, 0.25) is 0 Å². The van der Waals surface area contributed by atoms with Gasteiger partial charge in [-0.3, -0.25) is 10.7 Å². The number of nitrogens with one attached hydrogen (secondary N) is 1. The normalized spacial score (nSPS) is 48.2. The number of fused-ring (bicyclic) bond motifs is 1. The molecule has 1 fully saturated rings. The number of hydrogen-bond acceptors (Lipinski definition) is 10. The van der Waals surface area contributed by atoms with Crippen molar-refractivity contribution in [2.45, 2.75) is 49.9 Å². The van der Waals surface area contributed by atoms with Crippen LogP contribution in [0.4, 0.5) is 0 Å². The van der Waals surface area contributed by atoms with Gasteiger partial charge in [-0.15, -0.1) is 0 Å². The van der Waals surface area contributed by atoms with Gasteiger partial charge in [-0.1, -0.05) is 0 Å². The van der Waals surface area contributed by atoms with Gasteiger partial charge in [0.15, 0.2) is 23.6 Å². The second kappa shape index (κ2) is 4.93. The van der Waals surface area contributed by atoms with Crippen LogP contribution in [0.15, 0.2) is 9.98 Å². The molecule has 0 radical (unpaired) electrons. The molecule has 124 valence electrons. The van der Waals surface area contributed by atoms with Crippen molar-refractivity contribution in [1.29, 1.82) is 0 Å². The van der Waals surface area contributed by atoms with Crippen LogP contribution < -0.4 is 11.1 Å². The average molecular weight is 315 g/mol. The maximum atomic E-state index is 10.4. The summed E-state index contributed by atoms with van der Waals surface area (Å²) in [5.74, 6) is -0.928. The fraction of sp³-hybridized carbons (Fsp3) is 0.833. The van der Waals surface area contributed by atoms with Crippen LogP contribution in [0.5, 0.6) is 0 Å². The molecule has 0 spiro atoms. The number of rotatable bonds is 2. The first-order valence-corrected chi connectivity index (χ1v) is 7.01. The number of amidine groups is 1. The minimum absolute atomic E-state index is 0.0919. The highest BCUT2D eigenvalue weighted by atomic mass is 16.6. The first-order chi connectivity index (χ1) is 10.2. The Labute approximate surface area is 126 Å². The summed E-state index contributed by atoms with van der Waals surface area (Å²) in [7, 11) is 0.